The monoisotopic (exact) mass is 381 g/mol. The number of rotatable bonds is 4. The normalized spacial score (nSPS) is 11.3. The molecule has 0 spiro atoms. The van der Waals surface area contributed by atoms with Gasteiger partial charge in [0.25, 0.3) is 0 Å². The second kappa shape index (κ2) is 6.09. The highest BCUT2D eigenvalue weighted by atomic mass is 127. The Morgan fingerprint density at radius 2 is 1.89 bits per heavy atom. The molecule has 1 aromatic rings. The van der Waals surface area contributed by atoms with Crippen LogP contribution in [-0.4, -0.2) is 35.9 Å². The van der Waals surface area contributed by atoms with Crippen LogP contribution in [0.3, 0.4) is 0 Å². The number of nitrogens with zero attached hydrogens (tertiary/aromatic N) is 1. The van der Waals surface area contributed by atoms with Gasteiger partial charge in [-0.1, -0.05) is 0 Å². The summed E-state index contributed by atoms with van der Waals surface area (Å²) in [4.78, 5) is 24.3. The number of carboxylic acids is 1. The van der Waals surface area contributed by atoms with E-state index in [1.54, 1.807) is 22.6 Å². The quantitative estimate of drug-likeness (QED) is 0.217. The summed E-state index contributed by atoms with van der Waals surface area (Å²) in [6.07, 6.45) is 1.04. The Morgan fingerprint density at radius 1 is 1.32 bits per heavy atom. The number of aliphatic carboxylic acids is 1. The van der Waals surface area contributed by atoms with Gasteiger partial charge in [0.15, 0.2) is 11.6 Å². The molecule has 1 N–H and O–H groups in total. The lowest BCUT2D eigenvalue weighted by atomic mass is 10.0. The van der Waals surface area contributed by atoms with Crippen molar-refractivity contribution < 1.29 is 23.5 Å². The second-order valence-electron chi connectivity index (χ2n) is 3.89. The molecular formula is C12H10F2INO3. The number of carboxylic acid groups (broad SMARTS) is 1. The summed E-state index contributed by atoms with van der Waals surface area (Å²) >= 11 is 1.71. The van der Waals surface area contributed by atoms with Crippen LogP contribution >= 0.6 is 22.6 Å². The van der Waals surface area contributed by atoms with Crippen molar-refractivity contribution >= 4 is 34.3 Å². The summed E-state index contributed by atoms with van der Waals surface area (Å²) in [6, 6.07) is 2.02. The molecule has 0 unspecified atom stereocenters. The summed E-state index contributed by atoms with van der Waals surface area (Å²) in [5.41, 5.74) is -1.23. The van der Waals surface area contributed by atoms with E-state index in [1.807, 2.05) is 0 Å². The highest BCUT2D eigenvalue weighted by Crippen LogP contribution is 2.20. The van der Waals surface area contributed by atoms with Crippen LogP contribution in [0.15, 0.2) is 23.9 Å². The van der Waals surface area contributed by atoms with Crippen molar-refractivity contribution in [3.63, 3.8) is 0 Å². The van der Waals surface area contributed by atoms with Gasteiger partial charge in [0, 0.05) is 23.9 Å². The van der Waals surface area contributed by atoms with Crippen LogP contribution in [0.4, 0.5) is 8.78 Å². The third-order valence-electron chi connectivity index (χ3n) is 2.10. The van der Waals surface area contributed by atoms with Crippen molar-refractivity contribution in [3.8, 4) is 0 Å². The smallest absolute Gasteiger partial charge is 0.341 e. The van der Waals surface area contributed by atoms with Gasteiger partial charge in [0.2, 0.25) is 5.78 Å². The number of hydrogen-bond donors (Lipinski definition) is 1. The molecule has 0 aliphatic carbocycles. The zero-order chi connectivity index (χ0) is 14.7. The molecule has 0 aliphatic heterocycles. The molecule has 7 heteroatoms. The molecule has 0 heterocycles. The van der Waals surface area contributed by atoms with E-state index in [9.17, 15) is 18.4 Å². The van der Waals surface area contributed by atoms with Crippen molar-refractivity contribution in [3.05, 3.63) is 44.7 Å². The predicted octanol–water partition coefficient (Wildman–Crippen LogP) is 2.28. The Balaban J connectivity index is 3.37. The molecule has 0 aromatic heterocycles. The van der Waals surface area contributed by atoms with Crippen molar-refractivity contribution in [2.24, 2.45) is 0 Å². The van der Waals surface area contributed by atoms with Gasteiger partial charge in [-0.15, -0.1) is 0 Å². The van der Waals surface area contributed by atoms with E-state index in [-0.39, 0.29) is 0 Å². The van der Waals surface area contributed by atoms with Gasteiger partial charge in [-0.05, 0) is 34.7 Å². The molecule has 0 radical (unpaired) electrons. The number of ketones is 1. The van der Waals surface area contributed by atoms with Crippen LogP contribution in [0.25, 0.3) is 0 Å². The third-order valence-corrected chi connectivity index (χ3v) is 2.72. The van der Waals surface area contributed by atoms with Gasteiger partial charge in [-0.25, -0.2) is 13.6 Å². The van der Waals surface area contributed by atoms with E-state index in [2.05, 4.69) is 0 Å². The average molecular weight is 381 g/mol. The van der Waals surface area contributed by atoms with E-state index in [4.69, 9.17) is 5.11 Å². The van der Waals surface area contributed by atoms with Crippen LogP contribution in [0.5, 0.6) is 0 Å². The molecule has 1 aromatic carbocycles. The number of carbonyl (C=O) groups excluding carboxylic acids is 1. The van der Waals surface area contributed by atoms with Crippen LogP contribution in [0.2, 0.25) is 0 Å². The Labute approximate surface area is 121 Å². The molecule has 0 bridgehead atoms. The fourth-order valence-electron chi connectivity index (χ4n) is 1.34. The van der Waals surface area contributed by atoms with Gasteiger partial charge in [0.05, 0.1) is 5.56 Å². The minimum absolute atomic E-state index is 0.300. The minimum Gasteiger partial charge on any atom is -0.477 e. The van der Waals surface area contributed by atoms with Gasteiger partial charge < -0.3 is 10.0 Å². The first-order valence-electron chi connectivity index (χ1n) is 5.04. The predicted molar refractivity (Wildman–Crippen MR) is 72.8 cm³/mol. The van der Waals surface area contributed by atoms with Crippen molar-refractivity contribution in [1.29, 1.82) is 0 Å². The van der Waals surface area contributed by atoms with Crippen molar-refractivity contribution in [2.75, 3.05) is 14.1 Å². The standard InChI is InChI=1S/C12H10F2INO3/c1-16(2)5-8(12(18)19)11(17)7-3-6(15)4-9(13)10(7)14/h3-5H,1-2H3,(H,18,19). The third kappa shape index (κ3) is 3.72. The maximum Gasteiger partial charge on any atom is 0.341 e. The zero-order valence-electron chi connectivity index (χ0n) is 10.1. The molecule has 4 nitrogen and oxygen atoms in total. The Morgan fingerprint density at radius 3 is 2.37 bits per heavy atom. The Bertz CT molecular complexity index is 570. The molecular weight excluding hydrogens is 371 g/mol. The van der Waals surface area contributed by atoms with Crippen molar-refractivity contribution in [2.45, 2.75) is 0 Å². The van der Waals surface area contributed by atoms with Gasteiger partial charge in [-0.2, -0.15) is 0 Å². The molecule has 1 rings (SSSR count). The summed E-state index contributed by atoms with van der Waals surface area (Å²) in [7, 11) is 3.03. The van der Waals surface area contributed by atoms with E-state index >= 15 is 0 Å². The summed E-state index contributed by atoms with van der Waals surface area (Å²) in [5, 5.41) is 8.95. The van der Waals surface area contributed by atoms with Crippen LogP contribution < -0.4 is 0 Å². The maximum absolute atomic E-state index is 13.6. The van der Waals surface area contributed by atoms with Gasteiger partial charge in [0.1, 0.15) is 5.57 Å². The number of benzene rings is 1. The second-order valence-corrected chi connectivity index (χ2v) is 5.14. The van der Waals surface area contributed by atoms with Gasteiger partial charge in [-0.3, -0.25) is 4.79 Å². The lowest BCUT2D eigenvalue weighted by Crippen LogP contribution is -2.18. The van der Waals surface area contributed by atoms with Crippen molar-refractivity contribution in [1.82, 2.24) is 4.90 Å². The summed E-state index contributed by atoms with van der Waals surface area (Å²) in [5.74, 6) is -5.12. The molecule has 102 valence electrons. The number of hydrogen-bond acceptors (Lipinski definition) is 3. The summed E-state index contributed by atoms with van der Waals surface area (Å²) < 4.78 is 27.1. The average Bonchev–Trinajstić information content (AvgIpc) is 2.29. The Kier molecular flexibility index (Phi) is 4.98. The lowest BCUT2D eigenvalue weighted by Gasteiger charge is -2.09. The zero-order valence-corrected chi connectivity index (χ0v) is 12.2. The van der Waals surface area contributed by atoms with Crippen LogP contribution in [0.1, 0.15) is 10.4 Å². The highest BCUT2D eigenvalue weighted by Gasteiger charge is 2.24. The topological polar surface area (TPSA) is 57.6 Å². The molecule has 0 atom stereocenters. The van der Waals surface area contributed by atoms with Gasteiger partial charge >= 0.3 is 5.97 Å². The number of carbonyl (C=O) groups is 2. The highest BCUT2D eigenvalue weighted by molar-refractivity contribution is 14.1. The number of Topliss-reactive ketones (excluding diaryl/α,β-unsaturated/α-hetero) is 1. The van der Waals surface area contributed by atoms with E-state index in [0.717, 1.165) is 18.3 Å². The Hall–Kier alpha value is -1.51. The molecule has 0 fully saturated rings. The fourth-order valence-corrected chi connectivity index (χ4v) is 1.92. The molecule has 0 saturated carbocycles. The fraction of sp³-hybridized carbons (Fsp3) is 0.167. The van der Waals surface area contributed by atoms with E-state index in [0.29, 0.717) is 3.57 Å². The largest absolute Gasteiger partial charge is 0.477 e. The first-order valence-corrected chi connectivity index (χ1v) is 6.12. The molecule has 0 saturated heterocycles. The first kappa shape index (κ1) is 15.5. The number of halogens is 3. The lowest BCUT2D eigenvalue weighted by molar-refractivity contribution is -0.132. The molecule has 0 aliphatic rings. The SMILES string of the molecule is CN(C)C=C(C(=O)O)C(=O)c1cc(I)cc(F)c1F. The summed E-state index contributed by atoms with van der Waals surface area (Å²) in [6.45, 7) is 0. The molecule has 19 heavy (non-hydrogen) atoms. The van der Waals surface area contributed by atoms with E-state index in [1.165, 1.54) is 19.0 Å². The maximum atomic E-state index is 13.6. The minimum atomic E-state index is -1.50. The van der Waals surface area contributed by atoms with Crippen LogP contribution in [0, 0.1) is 15.2 Å². The molecule has 0 amide bonds. The first-order chi connectivity index (χ1) is 8.73. The van der Waals surface area contributed by atoms with E-state index < -0.39 is 34.5 Å². The van der Waals surface area contributed by atoms with Crippen LogP contribution in [-0.2, 0) is 4.79 Å².